The first-order chi connectivity index (χ1) is 26.0. The van der Waals surface area contributed by atoms with Crippen molar-refractivity contribution in [3.63, 3.8) is 0 Å². The second-order valence-electron chi connectivity index (χ2n) is 14.3. The topological polar surface area (TPSA) is 0 Å². The number of unbranched alkanes of at least 4 members (excludes halogenated alkanes) is 2. The summed E-state index contributed by atoms with van der Waals surface area (Å²) in [5.74, 6) is 0. The van der Waals surface area contributed by atoms with Gasteiger partial charge in [0, 0.05) is 25.8 Å². The summed E-state index contributed by atoms with van der Waals surface area (Å²) < 4.78 is 0. The molecule has 1 aliphatic rings. The maximum atomic E-state index is 3.31. The number of hydrogen-bond acceptors (Lipinski definition) is 0. The maximum Gasteiger partial charge on any atom is 0.0920 e. The van der Waals surface area contributed by atoms with Crippen molar-refractivity contribution in [2.75, 3.05) is 0 Å². The van der Waals surface area contributed by atoms with Crippen molar-refractivity contribution in [3.05, 3.63) is 180 Å². The summed E-state index contributed by atoms with van der Waals surface area (Å²) in [5, 5.41) is 8.36. The van der Waals surface area contributed by atoms with Crippen LogP contribution in [0, 0.1) is 19.9 Å². The molecule has 0 atom stereocenters. The summed E-state index contributed by atoms with van der Waals surface area (Å²) in [6.45, 7) is 8.88. The molecule has 0 amide bonds. The summed E-state index contributed by atoms with van der Waals surface area (Å²) in [7, 11) is 0.795. The van der Waals surface area contributed by atoms with E-state index >= 15 is 0 Å². The van der Waals surface area contributed by atoms with Crippen molar-refractivity contribution in [3.8, 4) is 33.4 Å². The fourth-order valence-electron chi connectivity index (χ4n) is 7.59. The first-order valence-corrected chi connectivity index (χ1v) is 20.4. The average molecular weight is 881 g/mol. The largest absolute Gasteiger partial charge is 0.184 e. The van der Waals surface area contributed by atoms with Gasteiger partial charge in [0.2, 0.25) is 0 Å². The van der Waals surface area contributed by atoms with E-state index in [2.05, 4.69) is 179 Å². The number of fused-ring (bicyclic) bond motifs is 5. The van der Waals surface area contributed by atoms with Crippen LogP contribution in [0.4, 0.5) is 0 Å². The van der Waals surface area contributed by atoms with Gasteiger partial charge in [-0.2, -0.15) is 41.6 Å². The van der Waals surface area contributed by atoms with Crippen molar-refractivity contribution < 1.29 is 25.8 Å². The third-order valence-electron chi connectivity index (χ3n) is 10.5. The molecule has 0 saturated carbocycles. The molecule has 54 heavy (non-hydrogen) atoms. The Bertz CT molecular complexity index is 2270. The zero-order valence-electron chi connectivity index (χ0n) is 32.2. The Kier molecular flexibility index (Phi) is 13.7. The van der Waals surface area contributed by atoms with Crippen LogP contribution >= 0.6 is 0 Å². The summed E-state index contributed by atoms with van der Waals surface area (Å²) in [6, 6.07) is 58.2. The van der Waals surface area contributed by atoms with E-state index in [9.17, 15) is 0 Å². The molecule has 8 aromatic rings. The predicted molar refractivity (Wildman–Crippen MR) is 232 cm³/mol. The maximum absolute atomic E-state index is 3.31. The Labute approximate surface area is 344 Å². The molecule has 8 aromatic carbocycles. The molecule has 0 spiro atoms. The molecule has 0 aliphatic carbocycles. The van der Waals surface area contributed by atoms with Crippen LogP contribution in [0.3, 0.4) is 0 Å². The number of hydrogen-bond donors (Lipinski definition) is 0. The summed E-state index contributed by atoms with van der Waals surface area (Å²) in [6.07, 6.45) is 7.45. The van der Waals surface area contributed by atoms with E-state index in [0.717, 1.165) is 9.52 Å². The molecular formula is C52H49HfSi-3. The zero-order chi connectivity index (χ0) is 36.6. The smallest absolute Gasteiger partial charge is 0.0920 e. The van der Waals surface area contributed by atoms with E-state index in [1.54, 1.807) is 0 Å². The second-order valence-corrected chi connectivity index (χ2v) is 15.6. The quantitative estimate of drug-likeness (QED) is 0.105. The second kappa shape index (κ2) is 18.8. The first kappa shape index (κ1) is 39.3. The molecule has 2 radical (unpaired) electrons. The Morgan fingerprint density at radius 2 is 0.963 bits per heavy atom. The van der Waals surface area contributed by atoms with Crippen LogP contribution in [-0.2, 0) is 38.7 Å². The van der Waals surface area contributed by atoms with Crippen LogP contribution in [-0.4, -0.2) is 9.52 Å². The first-order valence-electron chi connectivity index (χ1n) is 19.4. The Balaban J connectivity index is 0.000000140. The van der Waals surface area contributed by atoms with Crippen molar-refractivity contribution in [2.24, 2.45) is 0 Å². The van der Waals surface area contributed by atoms with Gasteiger partial charge >= 0.3 is 0 Å². The Hall–Kier alpha value is -4.37. The van der Waals surface area contributed by atoms with E-state index < -0.39 is 0 Å². The van der Waals surface area contributed by atoms with Gasteiger partial charge in [-0.05, 0) is 48.9 Å². The summed E-state index contributed by atoms with van der Waals surface area (Å²) >= 11 is 0. The minimum atomic E-state index is 0. The molecular weight excluding hydrogens is 831 g/mol. The van der Waals surface area contributed by atoms with E-state index in [-0.39, 0.29) is 25.8 Å². The molecule has 9 rings (SSSR count). The SMILES string of the molecule is CCCCc1cc2c(-c3ccccc3C)cccc2[cH-]1.CCCCc1cc2c(-c3ccccc3C)cccc2[cH-]1.[Hf].[c-]1cccc2c1[Si]c1ccccc1-2. The van der Waals surface area contributed by atoms with Crippen LogP contribution in [0.5, 0.6) is 0 Å². The normalized spacial score (nSPS) is 11.2. The van der Waals surface area contributed by atoms with Gasteiger partial charge in [-0.3, -0.25) is 0 Å². The molecule has 0 aromatic heterocycles. The van der Waals surface area contributed by atoms with Gasteiger partial charge in [0.1, 0.15) is 0 Å². The zero-order valence-corrected chi connectivity index (χ0v) is 36.8. The molecule has 0 unspecified atom stereocenters. The fourth-order valence-corrected chi connectivity index (χ4v) is 8.90. The average Bonchev–Trinajstić information content (AvgIpc) is 3.92. The van der Waals surface area contributed by atoms with Crippen LogP contribution in [0.1, 0.15) is 61.8 Å². The van der Waals surface area contributed by atoms with Crippen molar-refractivity contribution >= 4 is 41.4 Å². The van der Waals surface area contributed by atoms with Gasteiger partial charge in [-0.25, -0.2) is 0 Å². The van der Waals surface area contributed by atoms with E-state index in [0.29, 0.717) is 0 Å². The minimum Gasteiger partial charge on any atom is -0.184 e. The molecule has 0 N–H and O–H groups in total. The van der Waals surface area contributed by atoms with Gasteiger partial charge in [0.05, 0.1) is 9.52 Å². The Morgan fingerprint density at radius 3 is 1.48 bits per heavy atom. The standard InChI is InChI=1S/2C20H21.C12H7Si.Hf/c2*1-3-4-9-16-13-17-10-7-12-19(20(17)14-16)18-11-6-5-8-15(18)2;1-3-7-11-9(5-1)10-6-2-4-8-12(10)13-11;/h2*5-8,10-14H,3-4,9H2,1-2H3;1-7H;/q3*-1;. The van der Waals surface area contributed by atoms with Crippen molar-refractivity contribution in [1.29, 1.82) is 0 Å². The van der Waals surface area contributed by atoms with E-state index in [1.807, 2.05) is 6.07 Å². The van der Waals surface area contributed by atoms with Crippen LogP contribution in [0.15, 0.2) is 152 Å². The third kappa shape index (κ3) is 8.94. The third-order valence-corrected chi connectivity index (χ3v) is 11.8. The number of rotatable bonds is 8. The molecule has 0 nitrogen and oxygen atoms in total. The molecule has 1 heterocycles. The van der Waals surface area contributed by atoms with Crippen LogP contribution < -0.4 is 10.4 Å². The summed E-state index contributed by atoms with van der Waals surface area (Å²) in [4.78, 5) is 0. The minimum absolute atomic E-state index is 0. The van der Waals surface area contributed by atoms with Gasteiger partial charge in [0.15, 0.2) is 0 Å². The van der Waals surface area contributed by atoms with Gasteiger partial charge < -0.3 is 0 Å². The van der Waals surface area contributed by atoms with Gasteiger partial charge in [-0.1, -0.05) is 146 Å². The fraction of sp³-hybridized carbons (Fsp3) is 0.192. The van der Waals surface area contributed by atoms with Crippen LogP contribution in [0.2, 0.25) is 0 Å². The molecule has 2 heteroatoms. The van der Waals surface area contributed by atoms with E-state index in [4.69, 9.17) is 0 Å². The molecule has 0 bridgehead atoms. The van der Waals surface area contributed by atoms with Crippen molar-refractivity contribution in [1.82, 2.24) is 0 Å². The van der Waals surface area contributed by atoms with Gasteiger partial charge in [-0.15, -0.1) is 74.6 Å². The molecule has 268 valence electrons. The van der Waals surface area contributed by atoms with Gasteiger partial charge in [0.25, 0.3) is 0 Å². The number of aryl methyl sites for hydroxylation is 4. The number of benzene rings is 6. The predicted octanol–water partition coefficient (Wildman–Crippen LogP) is 12.9. The molecule has 0 saturated heterocycles. The summed E-state index contributed by atoms with van der Waals surface area (Å²) in [5.41, 5.74) is 13.8. The Morgan fingerprint density at radius 1 is 0.500 bits per heavy atom. The molecule has 1 aliphatic heterocycles. The van der Waals surface area contributed by atoms with Crippen molar-refractivity contribution in [2.45, 2.75) is 66.2 Å². The monoisotopic (exact) mass is 881 g/mol. The van der Waals surface area contributed by atoms with Crippen LogP contribution in [0.25, 0.3) is 54.9 Å². The molecule has 0 fully saturated rings. The van der Waals surface area contributed by atoms with E-state index in [1.165, 1.54) is 126 Å².